The summed E-state index contributed by atoms with van der Waals surface area (Å²) < 4.78 is 11.2. The first-order valence-corrected chi connectivity index (χ1v) is 8.73. The summed E-state index contributed by atoms with van der Waals surface area (Å²) in [4.78, 5) is 16.0. The molecule has 3 rings (SSSR count). The first-order chi connectivity index (χ1) is 12.1. The smallest absolute Gasteiger partial charge is 0.323 e. The molecule has 7 heteroatoms. The predicted octanol–water partition coefficient (Wildman–Crippen LogP) is 3.38. The molecule has 1 fully saturated rings. The van der Waals surface area contributed by atoms with Gasteiger partial charge in [0, 0.05) is 13.0 Å². The average molecular weight is 381 g/mol. The molecule has 2 atom stereocenters. The van der Waals surface area contributed by atoms with Crippen LogP contribution >= 0.6 is 23.2 Å². The van der Waals surface area contributed by atoms with Gasteiger partial charge >= 0.3 is 5.97 Å². The van der Waals surface area contributed by atoms with Crippen molar-refractivity contribution in [3.05, 3.63) is 63.9 Å². The van der Waals surface area contributed by atoms with Crippen molar-refractivity contribution in [2.24, 2.45) is 0 Å². The van der Waals surface area contributed by atoms with Crippen molar-refractivity contribution in [2.45, 2.75) is 31.8 Å². The zero-order chi connectivity index (χ0) is 17.6. The largest absolute Gasteiger partial charge is 0.460 e. The Kier molecular flexibility index (Phi) is 6.26. The third-order valence-electron chi connectivity index (χ3n) is 3.91. The molecule has 0 saturated carbocycles. The number of nitrogens with one attached hydrogen (secondary N) is 1. The Balaban J connectivity index is 1.44. The zero-order valence-corrected chi connectivity index (χ0v) is 15.0. The standard InChI is InChI=1S/C18H18Cl2N2O3/c19-16-6-13(7-17(20)22-16)11-25-18(23)15-8-14(9-21-15)24-10-12-4-2-1-3-5-12/h1-7,14-15,21H,8-11H2/t14-,15+/m1/s1. The van der Waals surface area contributed by atoms with Crippen LogP contribution in [0.2, 0.25) is 10.3 Å². The van der Waals surface area contributed by atoms with E-state index in [0.29, 0.717) is 25.1 Å². The van der Waals surface area contributed by atoms with Crippen LogP contribution in [0.15, 0.2) is 42.5 Å². The van der Waals surface area contributed by atoms with Crippen LogP contribution in [0.25, 0.3) is 0 Å². The first-order valence-electron chi connectivity index (χ1n) is 7.97. The number of nitrogens with zero attached hydrogens (tertiary/aromatic N) is 1. The van der Waals surface area contributed by atoms with Gasteiger partial charge in [0.1, 0.15) is 23.0 Å². The Morgan fingerprint density at radius 1 is 1.12 bits per heavy atom. The summed E-state index contributed by atoms with van der Waals surface area (Å²) in [7, 11) is 0. The van der Waals surface area contributed by atoms with Crippen LogP contribution in [0.1, 0.15) is 17.5 Å². The monoisotopic (exact) mass is 380 g/mol. The Morgan fingerprint density at radius 2 is 1.84 bits per heavy atom. The van der Waals surface area contributed by atoms with E-state index in [1.807, 2.05) is 30.3 Å². The molecule has 0 radical (unpaired) electrons. The number of hydrogen-bond donors (Lipinski definition) is 1. The molecule has 2 heterocycles. The molecule has 0 aliphatic carbocycles. The van der Waals surface area contributed by atoms with E-state index < -0.39 is 0 Å². The molecule has 2 aromatic rings. The van der Waals surface area contributed by atoms with Crippen molar-refractivity contribution in [3.8, 4) is 0 Å². The highest BCUT2D eigenvalue weighted by Gasteiger charge is 2.31. The fourth-order valence-corrected chi connectivity index (χ4v) is 3.16. The van der Waals surface area contributed by atoms with Gasteiger partial charge in [0.15, 0.2) is 0 Å². The highest BCUT2D eigenvalue weighted by molar-refractivity contribution is 6.32. The van der Waals surface area contributed by atoms with Crippen LogP contribution in [0.3, 0.4) is 0 Å². The first kappa shape index (κ1) is 18.1. The second-order valence-electron chi connectivity index (χ2n) is 5.84. The molecular weight excluding hydrogens is 363 g/mol. The summed E-state index contributed by atoms with van der Waals surface area (Å²) in [6.45, 7) is 1.26. The molecule has 0 unspecified atom stereocenters. The Hall–Kier alpha value is -1.66. The van der Waals surface area contributed by atoms with E-state index in [-0.39, 0.29) is 35.0 Å². The molecule has 5 nitrogen and oxygen atoms in total. The van der Waals surface area contributed by atoms with Crippen LogP contribution in [-0.2, 0) is 27.5 Å². The average Bonchev–Trinajstić information content (AvgIpc) is 3.07. The van der Waals surface area contributed by atoms with Gasteiger partial charge in [0.05, 0.1) is 12.7 Å². The molecule has 0 bridgehead atoms. The number of benzene rings is 1. The Morgan fingerprint density at radius 3 is 2.56 bits per heavy atom. The molecule has 1 aromatic carbocycles. The SMILES string of the molecule is O=C(OCc1cc(Cl)nc(Cl)c1)[C@@H]1C[C@@H](OCc2ccccc2)CN1. The molecule has 0 amide bonds. The second-order valence-corrected chi connectivity index (χ2v) is 6.62. The van der Waals surface area contributed by atoms with E-state index in [1.165, 1.54) is 0 Å². The van der Waals surface area contributed by atoms with Crippen LogP contribution < -0.4 is 5.32 Å². The number of pyridine rings is 1. The summed E-state index contributed by atoms with van der Waals surface area (Å²) in [5.74, 6) is -0.310. The van der Waals surface area contributed by atoms with Gasteiger partial charge in [-0.05, 0) is 23.3 Å². The fourth-order valence-electron chi connectivity index (χ4n) is 2.65. The van der Waals surface area contributed by atoms with E-state index in [1.54, 1.807) is 12.1 Å². The highest BCUT2D eigenvalue weighted by Crippen LogP contribution is 2.17. The quantitative estimate of drug-likeness (QED) is 0.614. The minimum Gasteiger partial charge on any atom is -0.460 e. The molecule has 1 N–H and O–H groups in total. The maximum Gasteiger partial charge on any atom is 0.323 e. The molecule has 1 saturated heterocycles. The van der Waals surface area contributed by atoms with E-state index in [0.717, 1.165) is 5.56 Å². The lowest BCUT2D eigenvalue weighted by atomic mass is 10.2. The zero-order valence-electron chi connectivity index (χ0n) is 13.5. The number of carbonyl (C=O) groups is 1. The lowest BCUT2D eigenvalue weighted by molar-refractivity contribution is -0.147. The summed E-state index contributed by atoms with van der Waals surface area (Å²) >= 11 is 11.7. The van der Waals surface area contributed by atoms with Crippen molar-refractivity contribution < 1.29 is 14.3 Å². The minimum atomic E-state index is -0.367. The number of halogens is 2. The number of hydrogen-bond acceptors (Lipinski definition) is 5. The van der Waals surface area contributed by atoms with Crippen molar-refractivity contribution in [2.75, 3.05) is 6.54 Å². The minimum absolute atomic E-state index is 0.0115. The molecular formula is C18H18Cl2N2O3. The number of carbonyl (C=O) groups excluding carboxylic acids is 1. The van der Waals surface area contributed by atoms with Gasteiger partial charge in [-0.25, -0.2) is 4.98 Å². The topological polar surface area (TPSA) is 60.5 Å². The summed E-state index contributed by atoms with van der Waals surface area (Å²) in [6, 6.07) is 12.8. The van der Waals surface area contributed by atoms with Crippen LogP contribution in [-0.4, -0.2) is 29.6 Å². The van der Waals surface area contributed by atoms with Gasteiger partial charge in [-0.3, -0.25) is 4.79 Å². The number of esters is 1. The molecule has 0 spiro atoms. The highest BCUT2D eigenvalue weighted by atomic mass is 35.5. The fraction of sp³-hybridized carbons (Fsp3) is 0.333. The molecule has 1 aliphatic heterocycles. The Labute approximate surface area is 156 Å². The summed E-state index contributed by atoms with van der Waals surface area (Å²) in [5, 5.41) is 3.68. The third-order valence-corrected chi connectivity index (χ3v) is 4.29. The second kappa shape index (κ2) is 8.63. The number of ether oxygens (including phenoxy) is 2. The Bertz CT molecular complexity index is 707. The van der Waals surface area contributed by atoms with E-state index in [9.17, 15) is 4.79 Å². The molecule has 25 heavy (non-hydrogen) atoms. The summed E-state index contributed by atoms with van der Waals surface area (Å²) in [5.41, 5.74) is 1.81. The van der Waals surface area contributed by atoms with Gasteiger partial charge in [0.25, 0.3) is 0 Å². The lowest BCUT2D eigenvalue weighted by Gasteiger charge is -2.12. The van der Waals surface area contributed by atoms with Crippen LogP contribution in [0.4, 0.5) is 0 Å². The van der Waals surface area contributed by atoms with E-state index in [4.69, 9.17) is 32.7 Å². The van der Waals surface area contributed by atoms with Crippen LogP contribution in [0, 0.1) is 0 Å². The maximum absolute atomic E-state index is 12.2. The lowest BCUT2D eigenvalue weighted by Crippen LogP contribution is -2.32. The van der Waals surface area contributed by atoms with Gasteiger partial charge in [-0.1, -0.05) is 53.5 Å². The van der Waals surface area contributed by atoms with Crippen molar-refractivity contribution in [3.63, 3.8) is 0 Å². The summed E-state index contributed by atoms with van der Waals surface area (Å²) in [6.07, 6.45) is 0.575. The van der Waals surface area contributed by atoms with Gasteiger partial charge < -0.3 is 14.8 Å². The third kappa shape index (κ3) is 5.41. The van der Waals surface area contributed by atoms with Crippen LogP contribution in [0.5, 0.6) is 0 Å². The number of rotatable bonds is 6. The van der Waals surface area contributed by atoms with Gasteiger partial charge in [-0.15, -0.1) is 0 Å². The number of aromatic nitrogens is 1. The van der Waals surface area contributed by atoms with E-state index >= 15 is 0 Å². The normalized spacial score (nSPS) is 19.8. The maximum atomic E-state index is 12.2. The van der Waals surface area contributed by atoms with Crippen molar-refractivity contribution in [1.29, 1.82) is 0 Å². The molecule has 1 aromatic heterocycles. The van der Waals surface area contributed by atoms with Crippen molar-refractivity contribution in [1.82, 2.24) is 10.3 Å². The van der Waals surface area contributed by atoms with E-state index in [2.05, 4.69) is 10.3 Å². The van der Waals surface area contributed by atoms with Crippen molar-refractivity contribution >= 4 is 29.2 Å². The molecule has 132 valence electrons. The molecule has 1 aliphatic rings. The van der Waals surface area contributed by atoms with Gasteiger partial charge in [0.2, 0.25) is 0 Å². The van der Waals surface area contributed by atoms with Gasteiger partial charge in [-0.2, -0.15) is 0 Å². The predicted molar refractivity (Wildman–Crippen MR) is 95.5 cm³/mol.